The predicted octanol–water partition coefficient (Wildman–Crippen LogP) is 4.74. The standard InChI is InChI=1S/C19H22F3NO2/c1-19(2,3)25-18(24)23-13-4-5-14(23)8-11(7-13)6-12-9-16(21)17(22)10-15(12)20/h7,9-10,13-14H,4-6,8H2,1-3H3. The molecule has 1 aromatic carbocycles. The maximum Gasteiger partial charge on any atom is 0.411 e. The van der Waals surface area contributed by atoms with Gasteiger partial charge in [0.05, 0.1) is 6.04 Å². The Morgan fingerprint density at radius 1 is 1.16 bits per heavy atom. The van der Waals surface area contributed by atoms with Crippen molar-refractivity contribution in [3.05, 3.63) is 46.8 Å². The van der Waals surface area contributed by atoms with Gasteiger partial charge in [-0.15, -0.1) is 0 Å². The smallest absolute Gasteiger partial charge is 0.411 e. The Morgan fingerprint density at radius 2 is 1.84 bits per heavy atom. The van der Waals surface area contributed by atoms with E-state index in [2.05, 4.69) is 0 Å². The van der Waals surface area contributed by atoms with E-state index in [9.17, 15) is 18.0 Å². The molecule has 1 amide bonds. The highest BCUT2D eigenvalue weighted by atomic mass is 19.2. The highest BCUT2D eigenvalue weighted by Gasteiger charge is 2.41. The van der Waals surface area contributed by atoms with Gasteiger partial charge in [0.15, 0.2) is 11.6 Å². The number of ether oxygens (including phenoxy) is 1. The van der Waals surface area contributed by atoms with Gasteiger partial charge < -0.3 is 4.74 Å². The van der Waals surface area contributed by atoms with Crippen molar-refractivity contribution in [1.82, 2.24) is 4.90 Å². The van der Waals surface area contributed by atoms with E-state index in [1.54, 1.807) is 4.90 Å². The average molecular weight is 353 g/mol. The van der Waals surface area contributed by atoms with Gasteiger partial charge in [-0.25, -0.2) is 18.0 Å². The molecule has 25 heavy (non-hydrogen) atoms. The second kappa shape index (κ2) is 6.39. The van der Waals surface area contributed by atoms with Gasteiger partial charge in [0.2, 0.25) is 0 Å². The zero-order valence-electron chi connectivity index (χ0n) is 14.6. The number of carbonyl (C=O) groups is 1. The van der Waals surface area contributed by atoms with Crippen LogP contribution in [0.2, 0.25) is 0 Å². The van der Waals surface area contributed by atoms with Gasteiger partial charge >= 0.3 is 6.09 Å². The number of hydrogen-bond donors (Lipinski definition) is 0. The number of benzene rings is 1. The molecule has 0 radical (unpaired) electrons. The monoisotopic (exact) mass is 353 g/mol. The van der Waals surface area contributed by atoms with E-state index < -0.39 is 23.1 Å². The number of amides is 1. The minimum Gasteiger partial charge on any atom is -0.444 e. The molecule has 0 aromatic heterocycles. The molecule has 1 fully saturated rings. The third-order valence-corrected chi connectivity index (χ3v) is 4.58. The quantitative estimate of drug-likeness (QED) is 0.567. The highest BCUT2D eigenvalue weighted by Crippen LogP contribution is 2.37. The number of carbonyl (C=O) groups excluding carboxylic acids is 1. The van der Waals surface area contributed by atoms with Crippen LogP contribution >= 0.6 is 0 Å². The first-order valence-corrected chi connectivity index (χ1v) is 8.48. The van der Waals surface area contributed by atoms with Gasteiger partial charge in [-0.3, -0.25) is 4.90 Å². The molecule has 6 heteroatoms. The summed E-state index contributed by atoms with van der Waals surface area (Å²) in [6.45, 7) is 5.47. The molecule has 0 N–H and O–H groups in total. The lowest BCUT2D eigenvalue weighted by atomic mass is 9.95. The van der Waals surface area contributed by atoms with Crippen molar-refractivity contribution in [1.29, 1.82) is 0 Å². The fourth-order valence-corrected chi connectivity index (χ4v) is 3.59. The fraction of sp³-hybridized carbons (Fsp3) is 0.526. The summed E-state index contributed by atoms with van der Waals surface area (Å²) in [5.74, 6) is -2.98. The Bertz CT molecular complexity index is 724. The van der Waals surface area contributed by atoms with Crippen LogP contribution in [0, 0.1) is 17.5 Å². The van der Waals surface area contributed by atoms with E-state index in [4.69, 9.17) is 4.74 Å². The second-order valence-electron chi connectivity index (χ2n) is 7.75. The molecule has 2 aliphatic heterocycles. The van der Waals surface area contributed by atoms with Crippen LogP contribution in [-0.2, 0) is 11.2 Å². The SMILES string of the molecule is CC(C)(C)OC(=O)N1C2C=C(Cc3cc(F)c(F)cc3F)CC1CC2. The van der Waals surface area contributed by atoms with Gasteiger partial charge in [-0.05, 0) is 58.1 Å². The summed E-state index contributed by atoms with van der Waals surface area (Å²) in [6.07, 6.45) is 4.09. The van der Waals surface area contributed by atoms with Gasteiger partial charge in [0, 0.05) is 12.1 Å². The summed E-state index contributed by atoms with van der Waals surface area (Å²) in [6, 6.07) is 1.41. The average Bonchev–Trinajstić information content (AvgIpc) is 2.75. The maximum atomic E-state index is 13.9. The topological polar surface area (TPSA) is 29.5 Å². The first-order valence-electron chi connectivity index (χ1n) is 8.48. The predicted molar refractivity (Wildman–Crippen MR) is 87.6 cm³/mol. The van der Waals surface area contributed by atoms with Crippen LogP contribution in [0.4, 0.5) is 18.0 Å². The Labute approximate surface area is 145 Å². The van der Waals surface area contributed by atoms with Crippen LogP contribution in [0.1, 0.15) is 45.6 Å². The molecule has 0 saturated carbocycles. The van der Waals surface area contributed by atoms with E-state index in [1.165, 1.54) is 0 Å². The van der Waals surface area contributed by atoms with Gasteiger partial charge in [0.25, 0.3) is 0 Å². The molecule has 136 valence electrons. The van der Waals surface area contributed by atoms with E-state index in [0.717, 1.165) is 24.5 Å². The minimum atomic E-state index is -1.19. The number of fused-ring (bicyclic) bond motifs is 2. The second-order valence-corrected chi connectivity index (χ2v) is 7.75. The molecule has 3 rings (SSSR count). The number of halogens is 3. The third kappa shape index (κ3) is 3.83. The molecular weight excluding hydrogens is 331 g/mol. The molecule has 2 unspecified atom stereocenters. The van der Waals surface area contributed by atoms with Crippen molar-refractivity contribution < 1.29 is 22.7 Å². The Balaban J connectivity index is 1.76. The highest BCUT2D eigenvalue weighted by molar-refractivity contribution is 5.70. The van der Waals surface area contributed by atoms with Crippen molar-refractivity contribution in [3.8, 4) is 0 Å². The van der Waals surface area contributed by atoms with Crippen LogP contribution in [0.15, 0.2) is 23.8 Å². The third-order valence-electron chi connectivity index (χ3n) is 4.58. The van der Waals surface area contributed by atoms with Crippen LogP contribution in [0.25, 0.3) is 0 Å². The minimum absolute atomic E-state index is 0.00760. The summed E-state index contributed by atoms with van der Waals surface area (Å²) in [4.78, 5) is 14.1. The van der Waals surface area contributed by atoms with Gasteiger partial charge in [-0.1, -0.05) is 11.6 Å². The summed E-state index contributed by atoms with van der Waals surface area (Å²) < 4.78 is 45.8. The summed E-state index contributed by atoms with van der Waals surface area (Å²) in [5.41, 5.74) is 0.516. The van der Waals surface area contributed by atoms with Crippen LogP contribution < -0.4 is 0 Å². The van der Waals surface area contributed by atoms with Crippen LogP contribution in [0.5, 0.6) is 0 Å². The van der Waals surface area contributed by atoms with Gasteiger partial charge in [0.1, 0.15) is 11.4 Å². The largest absolute Gasteiger partial charge is 0.444 e. The number of nitrogens with zero attached hydrogens (tertiary/aromatic N) is 1. The molecule has 2 bridgehead atoms. The van der Waals surface area contributed by atoms with Crippen LogP contribution in [-0.4, -0.2) is 28.7 Å². The molecule has 0 spiro atoms. The molecule has 1 saturated heterocycles. The summed E-state index contributed by atoms with van der Waals surface area (Å²) >= 11 is 0. The lowest BCUT2D eigenvalue weighted by Gasteiger charge is -2.35. The van der Waals surface area contributed by atoms with E-state index in [-0.39, 0.29) is 30.2 Å². The lowest BCUT2D eigenvalue weighted by Crippen LogP contribution is -2.45. The normalized spacial score (nSPS) is 22.8. The van der Waals surface area contributed by atoms with E-state index >= 15 is 0 Å². The summed E-state index contributed by atoms with van der Waals surface area (Å²) in [5, 5.41) is 0. The molecular formula is C19H22F3NO2. The maximum absolute atomic E-state index is 13.9. The number of rotatable bonds is 2. The Morgan fingerprint density at radius 3 is 2.48 bits per heavy atom. The first kappa shape index (κ1) is 17.8. The molecule has 2 heterocycles. The summed E-state index contributed by atoms with van der Waals surface area (Å²) in [7, 11) is 0. The van der Waals surface area contributed by atoms with Crippen molar-refractivity contribution in [2.75, 3.05) is 0 Å². The van der Waals surface area contributed by atoms with E-state index in [0.29, 0.717) is 12.5 Å². The molecule has 0 aliphatic carbocycles. The lowest BCUT2D eigenvalue weighted by molar-refractivity contribution is 0.0166. The molecule has 2 aliphatic rings. The molecule has 1 aromatic rings. The Hall–Kier alpha value is -1.98. The fourth-order valence-electron chi connectivity index (χ4n) is 3.59. The molecule has 3 nitrogen and oxygen atoms in total. The Kier molecular flexibility index (Phi) is 4.56. The first-order chi connectivity index (χ1) is 11.6. The molecule has 2 atom stereocenters. The van der Waals surface area contributed by atoms with Gasteiger partial charge in [-0.2, -0.15) is 0 Å². The zero-order valence-corrected chi connectivity index (χ0v) is 14.6. The zero-order chi connectivity index (χ0) is 18.4. The van der Waals surface area contributed by atoms with Crippen molar-refractivity contribution in [2.45, 2.75) is 64.1 Å². The van der Waals surface area contributed by atoms with Crippen LogP contribution in [0.3, 0.4) is 0 Å². The number of hydrogen-bond acceptors (Lipinski definition) is 2. The van der Waals surface area contributed by atoms with E-state index in [1.807, 2.05) is 26.8 Å². The van der Waals surface area contributed by atoms with Crippen molar-refractivity contribution >= 4 is 6.09 Å². The van der Waals surface area contributed by atoms with Crippen molar-refractivity contribution in [3.63, 3.8) is 0 Å². The van der Waals surface area contributed by atoms with Crippen molar-refractivity contribution in [2.24, 2.45) is 0 Å².